The maximum Gasteiger partial charge on any atom is 0.305 e. The van der Waals surface area contributed by atoms with Crippen LogP contribution in [-0.2, 0) is 6.54 Å². The molecule has 1 N–H and O–H groups in total. The van der Waals surface area contributed by atoms with Crippen molar-refractivity contribution in [2.75, 3.05) is 6.61 Å². The smallest absolute Gasteiger partial charge is 0.305 e. The Hall–Kier alpha value is -1.59. The van der Waals surface area contributed by atoms with Gasteiger partial charge in [-0.1, -0.05) is 17.8 Å². The van der Waals surface area contributed by atoms with Crippen LogP contribution in [0.4, 0.5) is 0 Å². The van der Waals surface area contributed by atoms with Gasteiger partial charge in [-0.05, 0) is 63.4 Å². The van der Waals surface area contributed by atoms with Crippen LogP contribution in [0.2, 0.25) is 0 Å². The lowest BCUT2D eigenvalue weighted by molar-refractivity contribution is 0.0965. The second kappa shape index (κ2) is 7.53. The minimum Gasteiger partial charge on any atom is -0.494 e. The Morgan fingerprint density at radius 3 is 2.50 bits per heavy atom. The van der Waals surface area contributed by atoms with Crippen molar-refractivity contribution >= 4 is 11.3 Å². The molecule has 1 fully saturated rings. The van der Waals surface area contributed by atoms with Gasteiger partial charge in [0.25, 0.3) is 0 Å². The van der Waals surface area contributed by atoms with Crippen LogP contribution in [0.5, 0.6) is 5.75 Å². The fourth-order valence-electron chi connectivity index (χ4n) is 3.54. The number of benzene rings is 1. The quantitative estimate of drug-likeness (QED) is 0.879. The van der Waals surface area contributed by atoms with Crippen molar-refractivity contribution in [3.63, 3.8) is 0 Å². The Labute approximate surface area is 147 Å². The third-order valence-electron chi connectivity index (χ3n) is 4.88. The van der Waals surface area contributed by atoms with Gasteiger partial charge in [-0.3, -0.25) is 9.69 Å². The number of ether oxygens (including phenoxy) is 1. The zero-order valence-electron chi connectivity index (χ0n) is 14.7. The summed E-state index contributed by atoms with van der Waals surface area (Å²) in [4.78, 5) is 18.7. The Bertz CT molecular complexity index is 710. The highest BCUT2D eigenvalue weighted by Crippen LogP contribution is 2.30. The summed E-state index contributed by atoms with van der Waals surface area (Å²) in [6.45, 7) is 8.06. The van der Waals surface area contributed by atoms with E-state index in [-0.39, 0.29) is 4.87 Å². The minimum atomic E-state index is 0.0196. The number of hydrogen-bond acceptors (Lipinski definition) is 4. The molecule has 1 aliphatic heterocycles. The van der Waals surface area contributed by atoms with E-state index < -0.39 is 0 Å². The molecule has 4 nitrogen and oxygen atoms in total. The fourth-order valence-corrected chi connectivity index (χ4v) is 4.40. The number of nitrogens with one attached hydrogen (secondary N) is 1. The first-order valence-electron chi connectivity index (χ1n) is 8.79. The third-order valence-corrected chi connectivity index (χ3v) is 5.75. The van der Waals surface area contributed by atoms with E-state index in [4.69, 9.17) is 4.74 Å². The van der Waals surface area contributed by atoms with Crippen LogP contribution in [0.15, 0.2) is 29.1 Å². The molecule has 2 unspecified atom stereocenters. The molecule has 130 valence electrons. The number of aromatic nitrogens is 1. The predicted molar refractivity (Wildman–Crippen MR) is 99.9 cm³/mol. The molecule has 0 aliphatic carbocycles. The number of rotatable bonds is 5. The maximum atomic E-state index is 12.0. The second-order valence-electron chi connectivity index (χ2n) is 6.57. The minimum absolute atomic E-state index is 0.0196. The topological polar surface area (TPSA) is 45.3 Å². The summed E-state index contributed by atoms with van der Waals surface area (Å²) in [5.41, 5.74) is 2.00. The van der Waals surface area contributed by atoms with Gasteiger partial charge in [0.2, 0.25) is 0 Å². The van der Waals surface area contributed by atoms with Gasteiger partial charge in [-0.25, -0.2) is 0 Å². The van der Waals surface area contributed by atoms with E-state index >= 15 is 0 Å². The first kappa shape index (κ1) is 17.2. The number of H-pyrrole nitrogens is 1. The van der Waals surface area contributed by atoms with Crippen molar-refractivity contribution in [1.82, 2.24) is 9.88 Å². The third kappa shape index (κ3) is 3.73. The standard InChI is InChI=1S/C19H26N2O2S/c1-4-23-16-10-8-15(9-11-16)18-17(24-19(22)20-18)12-21-13(2)6-5-7-14(21)3/h8-11,13-14H,4-7,12H2,1-3H3,(H,20,22). The molecule has 1 aromatic heterocycles. The van der Waals surface area contributed by atoms with Gasteiger partial charge in [0.1, 0.15) is 5.75 Å². The molecule has 0 radical (unpaired) electrons. The molecular formula is C19H26N2O2S. The van der Waals surface area contributed by atoms with E-state index in [0.717, 1.165) is 28.4 Å². The molecule has 0 amide bonds. The average Bonchev–Trinajstić information content (AvgIpc) is 2.93. The highest BCUT2D eigenvalue weighted by atomic mass is 32.1. The van der Waals surface area contributed by atoms with Crippen LogP contribution in [0.25, 0.3) is 11.3 Å². The van der Waals surface area contributed by atoms with E-state index in [1.54, 1.807) is 0 Å². The van der Waals surface area contributed by atoms with Crippen LogP contribution in [0.1, 0.15) is 44.9 Å². The summed E-state index contributed by atoms with van der Waals surface area (Å²) < 4.78 is 5.50. The zero-order chi connectivity index (χ0) is 17.1. The van der Waals surface area contributed by atoms with Crippen molar-refractivity contribution < 1.29 is 4.74 Å². The molecule has 1 aromatic carbocycles. The summed E-state index contributed by atoms with van der Waals surface area (Å²) in [6.07, 6.45) is 3.78. The highest BCUT2D eigenvalue weighted by molar-refractivity contribution is 7.09. The van der Waals surface area contributed by atoms with Crippen LogP contribution < -0.4 is 9.61 Å². The van der Waals surface area contributed by atoms with E-state index in [9.17, 15) is 4.79 Å². The summed E-state index contributed by atoms with van der Waals surface area (Å²) in [5, 5.41) is 0. The summed E-state index contributed by atoms with van der Waals surface area (Å²) >= 11 is 1.34. The van der Waals surface area contributed by atoms with Crippen molar-refractivity contribution in [3.8, 4) is 17.0 Å². The van der Waals surface area contributed by atoms with Gasteiger partial charge in [0, 0.05) is 23.5 Å². The Kier molecular flexibility index (Phi) is 5.41. The molecule has 2 heterocycles. The van der Waals surface area contributed by atoms with Crippen LogP contribution in [0, 0.1) is 0 Å². The molecule has 2 atom stereocenters. The molecule has 0 bridgehead atoms. The van der Waals surface area contributed by atoms with E-state index in [1.807, 2.05) is 31.2 Å². The van der Waals surface area contributed by atoms with Gasteiger partial charge in [0.05, 0.1) is 12.3 Å². The Morgan fingerprint density at radius 1 is 1.21 bits per heavy atom. The summed E-state index contributed by atoms with van der Waals surface area (Å²) in [6, 6.07) is 9.11. The lowest BCUT2D eigenvalue weighted by Crippen LogP contribution is -2.42. The van der Waals surface area contributed by atoms with Gasteiger partial charge in [-0.2, -0.15) is 0 Å². The molecule has 1 saturated heterocycles. The molecule has 0 spiro atoms. The summed E-state index contributed by atoms with van der Waals surface area (Å²) in [5.74, 6) is 0.860. The first-order chi connectivity index (χ1) is 11.6. The number of piperidine rings is 1. The van der Waals surface area contributed by atoms with Crippen molar-refractivity contribution in [1.29, 1.82) is 0 Å². The molecular weight excluding hydrogens is 320 g/mol. The van der Waals surface area contributed by atoms with Crippen LogP contribution in [0.3, 0.4) is 0 Å². The average molecular weight is 346 g/mol. The second-order valence-corrected chi connectivity index (χ2v) is 7.64. The number of likely N-dealkylation sites (tertiary alicyclic amines) is 1. The molecule has 2 aromatic rings. The van der Waals surface area contributed by atoms with Gasteiger partial charge < -0.3 is 9.72 Å². The maximum absolute atomic E-state index is 12.0. The predicted octanol–water partition coefficient (Wildman–Crippen LogP) is 4.27. The lowest BCUT2D eigenvalue weighted by Gasteiger charge is -2.38. The normalized spacial score (nSPS) is 21.8. The van der Waals surface area contributed by atoms with Crippen molar-refractivity contribution in [2.45, 2.75) is 58.7 Å². The van der Waals surface area contributed by atoms with Crippen molar-refractivity contribution in [3.05, 3.63) is 38.8 Å². The van der Waals surface area contributed by atoms with Crippen LogP contribution >= 0.6 is 11.3 Å². The number of thiazole rings is 1. The number of nitrogens with zero attached hydrogens (tertiary/aromatic N) is 1. The van der Waals surface area contributed by atoms with Gasteiger partial charge in [-0.15, -0.1) is 0 Å². The van der Waals surface area contributed by atoms with E-state index in [0.29, 0.717) is 18.7 Å². The molecule has 0 saturated carbocycles. The van der Waals surface area contributed by atoms with Crippen LogP contribution in [-0.4, -0.2) is 28.6 Å². The van der Waals surface area contributed by atoms with Gasteiger partial charge in [0.15, 0.2) is 0 Å². The Morgan fingerprint density at radius 2 is 1.88 bits per heavy atom. The van der Waals surface area contributed by atoms with E-state index in [1.165, 1.54) is 30.6 Å². The van der Waals surface area contributed by atoms with E-state index in [2.05, 4.69) is 23.7 Å². The largest absolute Gasteiger partial charge is 0.494 e. The monoisotopic (exact) mass is 346 g/mol. The molecule has 24 heavy (non-hydrogen) atoms. The zero-order valence-corrected chi connectivity index (χ0v) is 15.5. The number of hydrogen-bond donors (Lipinski definition) is 1. The molecule has 1 aliphatic rings. The van der Waals surface area contributed by atoms with Crippen molar-refractivity contribution in [2.24, 2.45) is 0 Å². The first-order valence-corrected chi connectivity index (χ1v) is 9.61. The van der Waals surface area contributed by atoms with Gasteiger partial charge >= 0.3 is 4.87 Å². The SMILES string of the molecule is CCOc1ccc(-c2[nH]c(=O)sc2CN2C(C)CCCC2C)cc1. The number of aromatic amines is 1. The Balaban J connectivity index is 1.86. The molecule has 5 heteroatoms. The molecule has 3 rings (SSSR count). The highest BCUT2D eigenvalue weighted by Gasteiger charge is 2.26. The fraction of sp³-hybridized carbons (Fsp3) is 0.526. The lowest BCUT2D eigenvalue weighted by atomic mass is 9.97. The summed E-state index contributed by atoms with van der Waals surface area (Å²) in [7, 11) is 0.